The number of ether oxygens (including phenoxy) is 2. The molecule has 0 aliphatic heterocycles. The molecule has 0 unspecified atom stereocenters. The lowest BCUT2D eigenvalue weighted by atomic mass is 10.1. The zero-order valence-electron chi connectivity index (χ0n) is 16.4. The summed E-state index contributed by atoms with van der Waals surface area (Å²) in [6.45, 7) is 2.40. The van der Waals surface area contributed by atoms with Gasteiger partial charge in [0.15, 0.2) is 0 Å². The van der Waals surface area contributed by atoms with E-state index in [1.54, 1.807) is 13.2 Å². The van der Waals surface area contributed by atoms with E-state index in [1.807, 2.05) is 55.5 Å². The number of hydrogen-bond acceptors (Lipinski definition) is 5. The van der Waals surface area contributed by atoms with Crippen LogP contribution in [0.15, 0.2) is 54.6 Å². The van der Waals surface area contributed by atoms with Crippen molar-refractivity contribution in [3.8, 4) is 5.75 Å². The summed E-state index contributed by atoms with van der Waals surface area (Å²) in [4.78, 5) is 25.1. The maximum absolute atomic E-state index is 12.6. The van der Waals surface area contributed by atoms with Gasteiger partial charge in [0, 0.05) is 16.2 Å². The van der Waals surface area contributed by atoms with Gasteiger partial charge in [0.2, 0.25) is 5.91 Å². The number of unbranched alkanes of at least 4 members (excludes halogenated alkanes) is 1. The molecule has 1 amide bonds. The van der Waals surface area contributed by atoms with Crippen molar-refractivity contribution >= 4 is 44.4 Å². The van der Waals surface area contributed by atoms with E-state index in [9.17, 15) is 9.59 Å². The van der Waals surface area contributed by atoms with Gasteiger partial charge < -0.3 is 14.8 Å². The second-order valence-electron chi connectivity index (χ2n) is 6.39. The average molecular weight is 410 g/mol. The normalized spacial score (nSPS) is 11.0. The molecule has 2 aromatic carbocycles. The van der Waals surface area contributed by atoms with E-state index in [4.69, 9.17) is 9.47 Å². The number of carbonyl (C=O) groups is 2. The molecule has 1 N–H and O–H groups in total. The lowest BCUT2D eigenvalue weighted by molar-refractivity contribution is -0.111. The first-order valence-electron chi connectivity index (χ1n) is 9.44. The Balaban J connectivity index is 1.79. The molecule has 3 rings (SSSR count). The number of fused-ring (bicyclic) bond motifs is 1. The van der Waals surface area contributed by atoms with Crippen molar-refractivity contribution < 1.29 is 19.1 Å². The molecule has 1 heterocycles. The molecule has 1 aromatic heterocycles. The number of carbonyl (C=O) groups excluding carboxylic acids is 2. The fourth-order valence-electron chi connectivity index (χ4n) is 2.76. The summed E-state index contributed by atoms with van der Waals surface area (Å²) in [5, 5.41) is 4.11. The highest BCUT2D eigenvalue weighted by molar-refractivity contribution is 7.23. The number of amides is 1. The quantitative estimate of drug-likeness (QED) is 0.302. The molecule has 0 bridgehead atoms. The molecule has 0 atom stereocenters. The topological polar surface area (TPSA) is 64.6 Å². The van der Waals surface area contributed by atoms with Crippen LogP contribution in [0.1, 0.15) is 35.7 Å². The average Bonchev–Trinajstić information content (AvgIpc) is 3.10. The van der Waals surface area contributed by atoms with Gasteiger partial charge >= 0.3 is 5.97 Å². The maximum atomic E-state index is 12.6. The molecule has 0 radical (unpaired) electrons. The summed E-state index contributed by atoms with van der Waals surface area (Å²) in [5.41, 5.74) is 1.28. The standard InChI is InChI=1S/C23H23NO4S/c1-3-4-15-28-23(26)21-18-7-5-6-8-19(18)29-22(21)24-20(25)14-11-16-9-12-17(27-2)13-10-16/h5-14H,3-4,15H2,1-2H3,(H,24,25)/b14-11+. The summed E-state index contributed by atoms with van der Waals surface area (Å²) in [6.07, 6.45) is 4.90. The first-order valence-corrected chi connectivity index (χ1v) is 10.3. The lowest BCUT2D eigenvalue weighted by Gasteiger charge is -2.06. The van der Waals surface area contributed by atoms with Gasteiger partial charge in [-0.2, -0.15) is 0 Å². The van der Waals surface area contributed by atoms with E-state index < -0.39 is 5.97 Å². The molecule has 6 heteroatoms. The van der Waals surface area contributed by atoms with Crippen molar-refractivity contribution in [3.63, 3.8) is 0 Å². The second-order valence-corrected chi connectivity index (χ2v) is 7.44. The minimum atomic E-state index is -0.412. The summed E-state index contributed by atoms with van der Waals surface area (Å²) in [7, 11) is 1.61. The zero-order chi connectivity index (χ0) is 20.6. The SMILES string of the molecule is CCCCOC(=O)c1c(NC(=O)/C=C/c2ccc(OC)cc2)sc2ccccc12. The van der Waals surface area contributed by atoms with Crippen molar-refractivity contribution in [3.05, 3.63) is 65.7 Å². The third-order valence-corrected chi connectivity index (χ3v) is 5.40. The van der Waals surface area contributed by atoms with Gasteiger partial charge in [-0.05, 0) is 36.3 Å². The molecule has 0 fully saturated rings. The fourth-order valence-corrected chi connectivity index (χ4v) is 3.85. The van der Waals surface area contributed by atoms with Gasteiger partial charge in [0.25, 0.3) is 0 Å². The van der Waals surface area contributed by atoms with Crippen LogP contribution in [0.25, 0.3) is 16.2 Å². The summed E-state index contributed by atoms with van der Waals surface area (Å²) in [5.74, 6) is 0.0309. The second kappa shape index (κ2) is 9.89. The molecule has 0 saturated carbocycles. The highest BCUT2D eigenvalue weighted by atomic mass is 32.1. The summed E-state index contributed by atoms with van der Waals surface area (Å²) >= 11 is 1.36. The smallest absolute Gasteiger partial charge is 0.341 e. The number of methoxy groups -OCH3 is 1. The number of benzene rings is 2. The highest BCUT2D eigenvalue weighted by Crippen LogP contribution is 2.36. The molecule has 0 aliphatic carbocycles. The van der Waals surface area contributed by atoms with E-state index >= 15 is 0 Å². The van der Waals surface area contributed by atoms with Crippen LogP contribution in [0, 0.1) is 0 Å². The Hall–Kier alpha value is -3.12. The van der Waals surface area contributed by atoms with E-state index in [0.29, 0.717) is 17.2 Å². The van der Waals surface area contributed by atoms with Crippen LogP contribution >= 0.6 is 11.3 Å². The van der Waals surface area contributed by atoms with Crippen LogP contribution in [0.2, 0.25) is 0 Å². The van der Waals surface area contributed by atoms with Crippen LogP contribution in [0.5, 0.6) is 5.75 Å². The number of nitrogens with one attached hydrogen (secondary N) is 1. The third kappa shape index (κ3) is 5.23. The Bertz CT molecular complexity index is 1020. The molecule has 0 aliphatic rings. The van der Waals surface area contributed by atoms with Gasteiger partial charge in [-0.3, -0.25) is 4.79 Å². The Morgan fingerprint density at radius 3 is 2.59 bits per heavy atom. The van der Waals surface area contributed by atoms with E-state index in [-0.39, 0.29) is 5.91 Å². The number of hydrogen-bond donors (Lipinski definition) is 1. The van der Waals surface area contributed by atoms with E-state index in [1.165, 1.54) is 17.4 Å². The van der Waals surface area contributed by atoms with Crippen LogP contribution in [-0.4, -0.2) is 25.6 Å². The summed E-state index contributed by atoms with van der Waals surface area (Å²) in [6, 6.07) is 14.9. The van der Waals surface area contributed by atoms with Gasteiger partial charge in [-0.1, -0.05) is 43.7 Å². The van der Waals surface area contributed by atoms with Crippen molar-refractivity contribution in [1.29, 1.82) is 0 Å². The van der Waals surface area contributed by atoms with Gasteiger partial charge in [-0.25, -0.2) is 4.79 Å². The highest BCUT2D eigenvalue weighted by Gasteiger charge is 2.21. The van der Waals surface area contributed by atoms with Crippen LogP contribution < -0.4 is 10.1 Å². The van der Waals surface area contributed by atoms with Gasteiger partial charge in [-0.15, -0.1) is 11.3 Å². The fraction of sp³-hybridized carbons (Fsp3) is 0.217. The van der Waals surface area contributed by atoms with Crippen molar-refractivity contribution in [2.24, 2.45) is 0 Å². The third-order valence-electron chi connectivity index (χ3n) is 4.31. The number of anilines is 1. The molecular weight excluding hydrogens is 386 g/mol. The minimum absolute atomic E-state index is 0.310. The lowest BCUT2D eigenvalue weighted by Crippen LogP contribution is -2.12. The molecule has 150 valence electrons. The minimum Gasteiger partial charge on any atom is -0.497 e. The van der Waals surface area contributed by atoms with E-state index in [2.05, 4.69) is 5.32 Å². The largest absolute Gasteiger partial charge is 0.497 e. The predicted octanol–water partition coefficient (Wildman–Crippen LogP) is 5.52. The number of esters is 1. The van der Waals surface area contributed by atoms with Crippen LogP contribution in [0.4, 0.5) is 5.00 Å². The monoisotopic (exact) mass is 409 g/mol. The van der Waals surface area contributed by atoms with Crippen LogP contribution in [0.3, 0.4) is 0 Å². The van der Waals surface area contributed by atoms with Gasteiger partial charge in [0.05, 0.1) is 13.7 Å². The molecule has 29 heavy (non-hydrogen) atoms. The number of rotatable bonds is 8. The zero-order valence-corrected chi connectivity index (χ0v) is 17.3. The Kier molecular flexibility index (Phi) is 7.03. The Morgan fingerprint density at radius 1 is 1.10 bits per heavy atom. The van der Waals surface area contributed by atoms with Crippen molar-refractivity contribution in [2.75, 3.05) is 19.0 Å². The molecule has 5 nitrogen and oxygen atoms in total. The first-order chi connectivity index (χ1) is 14.1. The van der Waals surface area contributed by atoms with E-state index in [0.717, 1.165) is 34.2 Å². The number of thiophene rings is 1. The molecule has 3 aromatic rings. The maximum Gasteiger partial charge on any atom is 0.341 e. The molecular formula is C23H23NO4S. The van der Waals surface area contributed by atoms with Crippen LogP contribution in [-0.2, 0) is 9.53 Å². The Labute approximate surface area is 174 Å². The van der Waals surface area contributed by atoms with Crippen molar-refractivity contribution in [1.82, 2.24) is 0 Å². The summed E-state index contributed by atoms with van der Waals surface area (Å²) < 4.78 is 11.4. The van der Waals surface area contributed by atoms with Crippen molar-refractivity contribution in [2.45, 2.75) is 19.8 Å². The van der Waals surface area contributed by atoms with Gasteiger partial charge in [0.1, 0.15) is 16.3 Å². The first kappa shape index (κ1) is 20.6. The predicted molar refractivity (Wildman–Crippen MR) is 118 cm³/mol. The molecule has 0 spiro atoms. The molecule has 0 saturated heterocycles. The Morgan fingerprint density at radius 2 is 1.86 bits per heavy atom.